The summed E-state index contributed by atoms with van der Waals surface area (Å²) < 4.78 is 0. The summed E-state index contributed by atoms with van der Waals surface area (Å²) in [5.41, 5.74) is 0.573. The van der Waals surface area contributed by atoms with Crippen molar-refractivity contribution in [3.63, 3.8) is 0 Å². The van der Waals surface area contributed by atoms with Crippen LogP contribution in [-0.2, 0) is 0 Å². The number of halogens is 1. The molecule has 0 radical (unpaired) electrons. The molecule has 0 atom stereocenters. The van der Waals surface area contributed by atoms with Gasteiger partial charge in [0.1, 0.15) is 11.0 Å². The molecule has 84 valence electrons. The lowest BCUT2D eigenvalue weighted by Gasteiger charge is -2.21. The standard InChI is InChI=1S/C12H14ClN3/c1-2-16(8-9-3-4-9)12-6-10(7-14)5-11(13)15-12/h5-6,9H,2-4,8H2,1H3. The van der Waals surface area contributed by atoms with Gasteiger partial charge in [0.05, 0.1) is 11.6 Å². The highest BCUT2D eigenvalue weighted by Crippen LogP contribution is 2.31. The van der Waals surface area contributed by atoms with E-state index in [-0.39, 0.29) is 0 Å². The van der Waals surface area contributed by atoms with Gasteiger partial charge in [-0.3, -0.25) is 0 Å². The highest BCUT2D eigenvalue weighted by atomic mass is 35.5. The number of rotatable bonds is 4. The van der Waals surface area contributed by atoms with Crippen molar-refractivity contribution in [2.45, 2.75) is 19.8 Å². The predicted molar refractivity (Wildman–Crippen MR) is 64.6 cm³/mol. The largest absolute Gasteiger partial charge is 0.357 e. The number of anilines is 1. The Kier molecular flexibility index (Phi) is 3.31. The van der Waals surface area contributed by atoms with Gasteiger partial charge in [0, 0.05) is 13.1 Å². The van der Waals surface area contributed by atoms with Crippen molar-refractivity contribution in [2.75, 3.05) is 18.0 Å². The van der Waals surface area contributed by atoms with Gasteiger partial charge < -0.3 is 4.90 Å². The van der Waals surface area contributed by atoms with Gasteiger partial charge in [-0.2, -0.15) is 5.26 Å². The van der Waals surface area contributed by atoms with E-state index in [2.05, 4.69) is 22.9 Å². The van der Waals surface area contributed by atoms with Crippen LogP contribution in [-0.4, -0.2) is 18.1 Å². The van der Waals surface area contributed by atoms with E-state index >= 15 is 0 Å². The van der Waals surface area contributed by atoms with Crippen molar-refractivity contribution in [1.82, 2.24) is 4.98 Å². The first-order valence-electron chi connectivity index (χ1n) is 5.55. The number of pyridine rings is 1. The topological polar surface area (TPSA) is 39.9 Å². The fourth-order valence-corrected chi connectivity index (χ4v) is 1.91. The van der Waals surface area contributed by atoms with Gasteiger partial charge in [-0.25, -0.2) is 4.98 Å². The van der Waals surface area contributed by atoms with Gasteiger partial charge in [-0.1, -0.05) is 11.6 Å². The van der Waals surface area contributed by atoms with Gasteiger partial charge >= 0.3 is 0 Å². The molecule has 1 aromatic heterocycles. The minimum absolute atomic E-state index is 0.392. The molecule has 1 saturated carbocycles. The molecule has 0 aromatic carbocycles. The Morgan fingerprint density at radius 3 is 2.88 bits per heavy atom. The summed E-state index contributed by atoms with van der Waals surface area (Å²) in [5, 5.41) is 9.27. The molecule has 4 heteroatoms. The normalized spacial score (nSPS) is 14.6. The number of nitrogens with zero attached hydrogens (tertiary/aromatic N) is 3. The van der Waals surface area contributed by atoms with Crippen LogP contribution in [0.4, 0.5) is 5.82 Å². The molecule has 0 bridgehead atoms. The first-order valence-corrected chi connectivity index (χ1v) is 5.93. The molecular formula is C12H14ClN3. The van der Waals surface area contributed by atoms with Crippen molar-refractivity contribution in [3.05, 3.63) is 22.8 Å². The number of hydrogen-bond donors (Lipinski definition) is 0. The molecule has 1 aliphatic carbocycles. The highest BCUT2D eigenvalue weighted by molar-refractivity contribution is 6.29. The van der Waals surface area contributed by atoms with Crippen molar-refractivity contribution >= 4 is 17.4 Å². The molecular weight excluding hydrogens is 222 g/mol. The second-order valence-electron chi connectivity index (χ2n) is 4.13. The highest BCUT2D eigenvalue weighted by Gasteiger charge is 2.24. The van der Waals surface area contributed by atoms with Crippen LogP contribution in [0, 0.1) is 17.2 Å². The third-order valence-corrected chi connectivity index (χ3v) is 2.98. The fraction of sp³-hybridized carbons (Fsp3) is 0.500. The van der Waals surface area contributed by atoms with E-state index in [1.807, 2.05) is 0 Å². The summed E-state index contributed by atoms with van der Waals surface area (Å²) in [4.78, 5) is 6.46. The Morgan fingerprint density at radius 1 is 1.56 bits per heavy atom. The van der Waals surface area contributed by atoms with E-state index in [4.69, 9.17) is 16.9 Å². The minimum Gasteiger partial charge on any atom is -0.357 e. The zero-order valence-electron chi connectivity index (χ0n) is 9.28. The number of nitriles is 1. The Hall–Kier alpha value is -1.27. The SMILES string of the molecule is CCN(CC1CC1)c1cc(C#N)cc(Cl)n1. The number of hydrogen-bond acceptors (Lipinski definition) is 3. The summed E-state index contributed by atoms with van der Waals surface area (Å²) in [6.45, 7) is 4.01. The van der Waals surface area contributed by atoms with Gasteiger partial charge in [0.25, 0.3) is 0 Å². The molecule has 16 heavy (non-hydrogen) atoms. The lowest BCUT2D eigenvalue weighted by Crippen LogP contribution is -2.26. The molecule has 1 heterocycles. The molecule has 1 fully saturated rings. The van der Waals surface area contributed by atoms with Gasteiger partial charge in [0.15, 0.2) is 0 Å². The quantitative estimate of drug-likeness (QED) is 0.754. The molecule has 1 aliphatic rings. The lowest BCUT2D eigenvalue weighted by molar-refractivity contribution is 0.732. The van der Waals surface area contributed by atoms with E-state index in [1.54, 1.807) is 12.1 Å². The Bertz CT molecular complexity index is 421. The third-order valence-electron chi connectivity index (χ3n) is 2.79. The van der Waals surface area contributed by atoms with Crippen LogP contribution in [0.3, 0.4) is 0 Å². The number of aromatic nitrogens is 1. The van der Waals surface area contributed by atoms with Crippen molar-refractivity contribution < 1.29 is 0 Å². The maximum absolute atomic E-state index is 8.88. The zero-order chi connectivity index (χ0) is 11.5. The van der Waals surface area contributed by atoms with Gasteiger partial charge in [-0.15, -0.1) is 0 Å². The van der Waals surface area contributed by atoms with E-state index in [9.17, 15) is 0 Å². The summed E-state index contributed by atoms with van der Waals surface area (Å²) >= 11 is 5.89. The molecule has 0 aliphatic heterocycles. The summed E-state index contributed by atoms with van der Waals surface area (Å²) in [6.07, 6.45) is 2.62. The maximum atomic E-state index is 8.88. The molecule has 1 aromatic rings. The minimum atomic E-state index is 0.392. The summed E-state index contributed by atoms with van der Waals surface area (Å²) in [6, 6.07) is 5.50. The molecule has 0 saturated heterocycles. The zero-order valence-corrected chi connectivity index (χ0v) is 10.0. The third kappa shape index (κ3) is 2.65. The van der Waals surface area contributed by atoms with Crippen molar-refractivity contribution in [3.8, 4) is 6.07 Å². The van der Waals surface area contributed by atoms with Crippen LogP contribution in [0.5, 0.6) is 0 Å². The Morgan fingerprint density at radius 2 is 2.31 bits per heavy atom. The van der Waals surface area contributed by atoms with Crippen molar-refractivity contribution in [2.24, 2.45) is 5.92 Å². The van der Waals surface area contributed by atoms with E-state index < -0.39 is 0 Å². The van der Waals surface area contributed by atoms with Crippen LogP contribution in [0.2, 0.25) is 5.15 Å². The summed E-state index contributed by atoms with van der Waals surface area (Å²) in [5.74, 6) is 1.62. The van der Waals surface area contributed by atoms with Crippen molar-refractivity contribution in [1.29, 1.82) is 5.26 Å². The Balaban J connectivity index is 2.22. The van der Waals surface area contributed by atoms with Crippen LogP contribution < -0.4 is 4.90 Å². The Labute approximate surface area is 101 Å². The molecule has 0 unspecified atom stereocenters. The lowest BCUT2D eigenvalue weighted by atomic mass is 10.2. The summed E-state index contributed by atoms with van der Waals surface area (Å²) in [7, 11) is 0. The first kappa shape index (κ1) is 11.2. The van der Waals surface area contributed by atoms with E-state index in [0.29, 0.717) is 10.7 Å². The van der Waals surface area contributed by atoms with Crippen LogP contribution >= 0.6 is 11.6 Å². The van der Waals surface area contributed by atoms with Gasteiger partial charge in [0.2, 0.25) is 0 Å². The molecule has 0 amide bonds. The first-order chi connectivity index (χ1) is 7.72. The van der Waals surface area contributed by atoms with Crippen LogP contribution in [0.1, 0.15) is 25.3 Å². The molecule has 3 nitrogen and oxygen atoms in total. The molecule has 0 spiro atoms. The van der Waals surface area contributed by atoms with Gasteiger partial charge in [-0.05, 0) is 37.8 Å². The van der Waals surface area contributed by atoms with E-state index in [1.165, 1.54) is 12.8 Å². The average molecular weight is 236 g/mol. The maximum Gasteiger partial charge on any atom is 0.132 e. The second-order valence-corrected chi connectivity index (χ2v) is 4.52. The molecule has 0 N–H and O–H groups in total. The average Bonchev–Trinajstić information content (AvgIpc) is 3.08. The smallest absolute Gasteiger partial charge is 0.132 e. The fourth-order valence-electron chi connectivity index (χ4n) is 1.71. The van der Waals surface area contributed by atoms with Crippen LogP contribution in [0.25, 0.3) is 0 Å². The van der Waals surface area contributed by atoms with Crippen LogP contribution in [0.15, 0.2) is 12.1 Å². The second kappa shape index (κ2) is 4.71. The van der Waals surface area contributed by atoms with E-state index in [0.717, 1.165) is 24.8 Å². The predicted octanol–water partition coefficient (Wildman–Crippen LogP) is 2.84. The molecule has 2 rings (SSSR count). The monoisotopic (exact) mass is 235 g/mol.